The molecular weight excluding hydrogens is 907 g/mol. The number of ether oxygens (including phenoxy) is 2. The van der Waals surface area contributed by atoms with Gasteiger partial charge in [-0.3, -0.25) is 24.4 Å². The summed E-state index contributed by atoms with van der Waals surface area (Å²) in [5, 5.41) is 0.597. The van der Waals surface area contributed by atoms with Gasteiger partial charge in [-0.25, -0.2) is 9.82 Å². The maximum Gasteiger partial charge on any atom is 0.392 e. The van der Waals surface area contributed by atoms with E-state index < -0.39 is 64.3 Å². The molecule has 4 unspecified atom stereocenters. The number of aryl methyl sites for hydroxylation is 1. The van der Waals surface area contributed by atoms with Gasteiger partial charge in [0.15, 0.2) is 0 Å². The molecule has 6 bridgehead atoms. The second-order valence-electron chi connectivity index (χ2n) is 21.4. The van der Waals surface area contributed by atoms with Crippen LogP contribution in [0.15, 0.2) is 48.7 Å². The molecule has 1 N–H and O–H groups in total. The van der Waals surface area contributed by atoms with Gasteiger partial charge < -0.3 is 18.9 Å². The molecule has 6 aliphatic rings. The highest BCUT2D eigenvalue weighted by Gasteiger charge is 2.80. The van der Waals surface area contributed by atoms with Crippen LogP contribution in [-0.2, 0) is 49.9 Å². The van der Waals surface area contributed by atoms with Crippen LogP contribution in [0.3, 0.4) is 0 Å². The molecule has 359 valence electrons. The van der Waals surface area contributed by atoms with Crippen molar-refractivity contribution in [2.75, 3.05) is 40.4 Å². The minimum atomic E-state index is -4.58. The number of halogens is 4. The van der Waals surface area contributed by atoms with Gasteiger partial charge in [0.2, 0.25) is 5.91 Å². The van der Waals surface area contributed by atoms with Crippen LogP contribution in [-0.4, -0.2) is 109 Å². The average Bonchev–Trinajstić information content (AvgIpc) is 4.22. The number of Topliss-reactive ketones (excluding diaryl/α,β-unsaturated/α-hetero) is 1. The molecular formula is C52H60F4N5O5Si2. The summed E-state index contributed by atoms with van der Waals surface area (Å²) in [6.45, 7) is 10.5. The fourth-order valence-electron chi connectivity index (χ4n) is 12.3. The Labute approximate surface area is 401 Å². The molecule has 2 aliphatic carbocycles. The molecule has 2 aromatic carbocycles. The molecule has 4 aromatic rings. The number of carbonyl (C=O) groups excluding carboxylic acids is 3. The summed E-state index contributed by atoms with van der Waals surface area (Å²) in [6.07, 6.45) is 0.210. The zero-order valence-corrected chi connectivity index (χ0v) is 41.7. The van der Waals surface area contributed by atoms with E-state index in [1.807, 2.05) is 31.3 Å². The molecule has 8 atom stereocenters. The number of benzene rings is 2. The van der Waals surface area contributed by atoms with Crippen LogP contribution < -0.4 is 5.43 Å². The molecule has 6 heterocycles. The van der Waals surface area contributed by atoms with E-state index in [4.69, 9.17) is 14.5 Å². The van der Waals surface area contributed by atoms with Gasteiger partial charge in [-0.05, 0) is 154 Å². The zero-order chi connectivity index (χ0) is 48.2. The fourth-order valence-corrected chi connectivity index (χ4v) is 14.9. The summed E-state index contributed by atoms with van der Waals surface area (Å²) >= 11 is 0. The fraction of sp³-hybridized carbons (Fsp3) is 0.577. The van der Waals surface area contributed by atoms with E-state index >= 15 is 9.18 Å². The summed E-state index contributed by atoms with van der Waals surface area (Å²) < 4.78 is 72.1. The number of methoxy groups -OCH3 is 1. The number of carbonyl (C=O) groups is 3. The maximum absolute atomic E-state index is 15.3. The molecule has 68 heavy (non-hydrogen) atoms. The van der Waals surface area contributed by atoms with Gasteiger partial charge in [0, 0.05) is 79.0 Å². The molecule has 1 spiro atoms. The number of hydrazine groups is 1. The SMILES string of the molecule is CCn1c(-c2cc(C3CCN(C)CC3)cnc2[C@H](C)OC)c2c3cc(ccc31)-c1cc(CF)cc(c1)CC1(C(=O)N3CCC[C@H](N3)C(=O)OCC(C)(C)C2)C2[Si]C2C1C(=O)[C@@]1([Si])C[C@@H]1C(F)(F)F. The van der Waals surface area contributed by atoms with Crippen molar-refractivity contribution >= 4 is 48.3 Å². The number of aromatic nitrogens is 2. The lowest BCUT2D eigenvalue weighted by Crippen LogP contribution is -2.63. The molecule has 2 aromatic heterocycles. The third-order valence-corrected chi connectivity index (χ3v) is 18.9. The molecule has 3 saturated heterocycles. The van der Waals surface area contributed by atoms with E-state index in [0.29, 0.717) is 42.9 Å². The number of ketones is 1. The third-order valence-electron chi connectivity index (χ3n) is 16.2. The van der Waals surface area contributed by atoms with Crippen molar-refractivity contribution in [1.29, 1.82) is 0 Å². The molecule has 4 aliphatic heterocycles. The van der Waals surface area contributed by atoms with Gasteiger partial charge in [-0.1, -0.05) is 32.0 Å². The van der Waals surface area contributed by atoms with Crippen molar-refractivity contribution in [2.45, 2.75) is 126 Å². The van der Waals surface area contributed by atoms with Crippen molar-refractivity contribution in [1.82, 2.24) is 24.9 Å². The number of rotatable bonds is 8. The van der Waals surface area contributed by atoms with Gasteiger partial charge in [0.25, 0.3) is 0 Å². The number of fused-ring (bicyclic) bond motifs is 8. The monoisotopic (exact) mass is 966 g/mol. The first-order valence-corrected chi connectivity index (χ1v) is 25.9. The van der Waals surface area contributed by atoms with E-state index in [9.17, 15) is 22.8 Å². The number of amides is 1. The molecule has 10 nitrogen and oxygen atoms in total. The first-order valence-electron chi connectivity index (χ1n) is 24.2. The quantitative estimate of drug-likeness (QED) is 0.106. The number of piperidine rings is 1. The second-order valence-corrected chi connectivity index (χ2v) is 23.9. The highest BCUT2D eigenvalue weighted by molar-refractivity contribution is 6.59. The molecule has 2 saturated carbocycles. The summed E-state index contributed by atoms with van der Waals surface area (Å²) in [5.41, 5.74) is 9.39. The molecule has 5 fully saturated rings. The maximum atomic E-state index is 15.3. The predicted molar refractivity (Wildman–Crippen MR) is 253 cm³/mol. The number of nitrogens with zero attached hydrogens (tertiary/aromatic N) is 4. The van der Waals surface area contributed by atoms with Crippen molar-refractivity contribution < 1.29 is 41.4 Å². The zero-order valence-electron chi connectivity index (χ0n) is 39.7. The average molecular weight is 967 g/mol. The van der Waals surface area contributed by atoms with Gasteiger partial charge in [-0.2, -0.15) is 13.2 Å². The Morgan fingerprint density at radius 2 is 1.82 bits per heavy atom. The smallest absolute Gasteiger partial charge is 0.392 e. The third kappa shape index (κ3) is 8.01. The van der Waals surface area contributed by atoms with Crippen LogP contribution in [0.1, 0.15) is 99.8 Å². The van der Waals surface area contributed by atoms with Crippen LogP contribution in [0.4, 0.5) is 17.6 Å². The highest BCUT2D eigenvalue weighted by Crippen LogP contribution is 2.80. The molecule has 5 radical (unpaired) electrons. The lowest BCUT2D eigenvalue weighted by atomic mass is 9.54. The largest absolute Gasteiger partial charge is 0.464 e. The van der Waals surface area contributed by atoms with Gasteiger partial charge in [0.05, 0.1) is 35.4 Å². The highest BCUT2D eigenvalue weighted by atomic mass is 28.2. The van der Waals surface area contributed by atoms with E-state index in [2.05, 4.69) is 71.2 Å². The van der Waals surface area contributed by atoms with Crippen LogP contribution in [0.2, 0.25) is 16.1 Å². The van der Waals surface area contributed by atoms with Crippen molar-refractivity contribution in [3.05, 3.63) is 76.6 Å². The van der Waals surface area contributed by atoms with Gasteiger partial charge in [0.1, 0.15) is 18.5 Å². The number of hydrogen-bond acceptors (Lipinski definition) is 8. The van der Waals surface area contributed by atoms with E-state index in [1.54, 1.807) is 13.2 Å². The number of pyridine rings is 1. The van der Waals surface area contributed by atoms with E-state index in [1.165, 1.54) is 10.6 Å². The topological polar surface area (TPSA) is 106 Å². The lowest BCUT2D eigenvalue weighted by molar-refractivity contribution is -0.166. The van der Waals surface area contributed by atoms with Crippen LogP contribution in [0.25, 0.3) is 33.3 Å². The number of hydrogen-bond donors (Lipinski definition) is 1. The van der Waals surface area contributed by atoms with Gasteiger partial charge >= 0.3 is 12.1 Å². The van der Waals surface area contributed by atoms with Crippen molar-refractivity contribution in [2.24, 2.45) is 22.7 Å². The lowest BCUT2D eigenvalue weighted by Gasteiger charge is -2.51. The summed E-state index contributed by atoms with van der Waals surface area (Å²) in [6, 6.07) is 13.2. The Bertz CT molecular complexity index is 2690. The first kappa shape index (κ1) is 47.5. The number of nitrogens with one attached hydrogen (secondary N) is 1. The summed E-state index contributed by atoms with van der Waals surface area (Å²) in [4.78, 5) is 51.5. The molecule has 10 rings (SSSR count). The second kappa shape index (κ2) is 17.3. The van der Waals surface area contributed by atoms with Crippen molar-refractivity contribution in [3.63, 3.8) is 0 Å². The Kier molecular flexibility index (Phi) is 12.1. The van der Waals surface area contributed by atoms with Gasteiger partial charge in [-0.15, -0.1) is 0 Å². The number of likely N-dealkylation sites (tertiary alicyclic amines) is 1. The van der Waals surface area contributed by atoms with Crippen LogP contribution in [0, 0.1) is 22.7 Å². The van der Waals surface area contributed by atoms with E-state index in [0.717, 1.165) is 70.5 Å². The predicted octanol–water partition coefficient (Wildman–Crippen LogP) is 8.93. The first-order chi connectivity index (χ1) is 32.3. The minimum absolute atomic E-state index is 0.0304. The minimum Gasteiger partial charge on any atom is -0.464 e. The van der Waals surface area contributed by atoms with Crippen molar-refractivity contribution in [3.8, 4) is 22.4 Å². The molecule has 16 heteroatoms. The molecule has 1 amide bonds. The van der Waals surface area contributed by atoms with Crippen LogP contribution >= 0.6 is 0 Å². The van der Waals surface area contributed by atoms with E-state index in [-0.39, 0.29) is 52.7 Å². The summed E-state index contributed by atoms with van der Waals surface area (Å²) in [7, 11) is 7.38. The normalized spacial score (nSPS) is 30.1. The Morgan fingerprint density at radius 3 is 2.51 bits per heavy atom. The number of cyclic esters (lactones) is 1. The standard InChI is InChI=1S/C52H60F4N5O5Si2/c1-7-60-39-11-10-32-20-35(39)37(43(60)36-21-34(26-57-42(36)28(2)65-6)31-12-15-59(5)16-13-31)23-49(3,4)27-66-47(63)38-9-8-14-61(58-38)48(64)50(22-29-17-30(25-53)19-33(32)18-29)41(44-46(50)68-44)45(62)51(67)24-40(51)52(54,55)56/h10-11,17-21,26,28,31,38,40-41,44,46,58H,7-9,12-16,22-25,27H2,1-6H3/t28-,38-,40-,41?,44?,46?,50?,51+/m0/s1. The van der Waals surface area contributed by atoms with Crippen LogP contribution in [0.5, 0.6) is 0 Å². The number of alkyl halides is 4. The number of esters is 1. The Morgan fingerprint density at radius 1 is 1.06 bits per heavy atom. The Balaban J connectivity index is 1.15. The Hall–Kier alpha value is -4.23. The summed E-state index contributed by atoms with van der Waals surface area (Å²) in [5.74, 6) is -3.99.